The zero-order valence-corrected chi connectivity index (χ0v) is 16.2. The molecule has 2 heterocycles. The smallest absolute Gasteiger partial charge is 0.325 e. The van der Waals surface area contributed by atoms with Crippen molar-refractivity contribution in [3.63, 3.8) is 0 Å². The van der Waals surface area contributed by atoms with Gasteiger partial charge in [-0.05, 0) is 18.7 Å². The summed E-state index contributed by atoms with van der Waals surface area (Å²) in [5.74, 6) is 0.105. The highest BCUT2D eigenvalue weighted by Gasteiger charge is 2.27. The van der Waals surface area contributed by atoms with E-state index in [1.165, 1.54) is 6.20 Å². The number of aliphatic carboxylic acids is 1. The van der Waals surface area contributed by atoms with Gasteiger partial charge in [-0.1, -0.05) is 38.9 Å². The summed E-state index contributed by atoms with van der Waals surface area (Å²) in [7, 11) is 1.66. The average Bonchev–Trinajstić information content (AvgIpc) is 3.03. The minimum absolute atomic E-state index is 0.168. The van der Waals surface area contributed by atoms with Crippen molar-refractivity contribution in [2.45, 2.75) is 46.7 Å². The molecule has 0 aliphatic carbocycles. The van der Waals surface area contributed by atoms with Crippen LogP contribution in [-0.2, 0) is 22.6 Å². The second-order valence-electron chi connectivity index (χ2n) is 7.29. The molecule has 0 saturated heterocycles. The molecular weight excluding hydrogens is 350 g/mol. The molecule has 0 spiro atoms. The maximum absolute atomic E-state index is 12.0. The Balaban J connectivity index is 2.13. The first-order valence-corrected chi connectivity index (χ1v) is 8.63. The predicted octanol–water partition coefficient (Wildman–Crippen LogP) is 2.27. The molecule has 9 heteroatoms. The number of pyridine rings is 1. The van der Waals surface area contributed by atoms with E-state index in [0.29, 0.717) is 29.5 Å². The number of anilines is 1. The monoisotopic (exact) mass is 375 g/mol. The zero-order chi connectivity index (χ0) is 20.2. The average molecular weight is 375 g/mol. The molecule has 0 unspecified atom stereocenters. The minimum Gasteiger partial charge on any atom is -0.480 e. The van der Waals surface area contributed by atoms with Gasteiger partial charge >= 0.3 is 5.97 Å². The summed E-state index contributed by atoms with van der Waals surface area (Å²) >= 11 is 0. The first kappa shape index (κ1) is 20.5. The summed E-state index contributed by atoms with van der Waals surface area (Å²) in [5, 5.41) is 16.2. The molecular formula is C18H25N5O4. The fraction of sp³-hybridized carbons (Fsp3) is 0.500. The molecule has 2 aromatic rings. The highest BCUT2D eigenvalue weighted by Crippen LogP contribution is 2.22. The number of carbonyl (C=O) groups excluding carboxylic acids is 1. The van der Waals surface area contributed by atoms with E-state index in [1.54, 1.807) is 44.9 Å². The van der Waals surface area contributed by atoms with Crippen LogP contribution >= 0.6 is 0 Å². The van der Waals surface area contributed by atoms with Crippen LogP contribution in [0.1, 0.15) is 51.0 Å². The van der Waals surface area contributed by atoms with Gasteiger partial charge in [0.05, 0.1) is 6.54 Å². The van der Waals surface area contributed by atoms with Crippen LogP contribution < -0.4 is 5.32 Å². The molecule has 0 bridgehead atoms. The number of hydrogen-bond acceptors (Lipinski definition) is 7. The molecule has 0 radical (unpaired) electrons. The second kappa shape index (κ2) is 8.26. The molecule has 0 aromatic carbocycles. The van der Waals surface area contributed by atoms with Gasteiger partial charge in [-0.3, -0.25) is 14.5 Å². The largest absolute Gasteiger partial charge is 0.480 e. The number of nitrogens with zero attached hydrogens (tertiary/aromatic N) is 4. The third-order valence-corrected chi connectivity index (χ3v) is 3.90. The van der Waals surface area contributed by atoms with Crippen LogP contribution in [0.3, 0.4) is 0 Å². The lowest BCUT2D eigenvalue weighted by Gasteiger charge is -2.23. The summed E-state index contributed by atoms with van der Waals surface area (Å²) in [5.41, 5.74) is -0.0653. The van der Waals surface area contributed by atoms with E-state index in [4.69, 9.17) is 4.52 Å². The van der Waals surface area contributed by atoms with E-state index in [1.807, 2.05) is 6.92 Å². The Kier molecular flexibility index (Phi) is 6.27. The van der Waals surface area contributed by atoms with Gasteiger partial charge in [0, 0.05) is 18.0 Å². The molecule has 2 N–H and O–H groups in total. The standard InChI is InChI=1S/C18H25N5O4/c1-6-14-20-13(22-27-14)10-23(5)15(16(24)25)11-7-8-12(19-9-11)21-17(26)18(2,3)4/h7-9,15H,6,10H2,1-5H3,(H,24,25)(H,19,21,26)/t15-/m0/s1. The Labute approximate surface area is 157 Å². The Hall–Kier alpha value is -2.81. The van der Waals surface area contributed by atoms with E-state index < -0.39 is 17.4 Å². The lowest BCUT2D eigenvalue weighted by molar-refractivity contribution is -0.143. The molecule has 146 valence electrons. The van der Waals surface area contributed by atoms with Crippen LogP contribution in [0.5, 0.6) is 0 Å². The fourth-order valence-corrected chi connectivity index (χ4v) is 2.34. The highest BCUT2D eigenvalue weighted by molar-refractivity contribution is 5.93. The maximum atomic E-state index is 12.0. The second-order valence-corrected chi connectivity index (χ2v) is 7.29. The Morgan fingerprint density at radius 2 is 2.04 bits per heavy atom. The number of hydrogen-bond donors (Lipinski definition) is 2. The van der Waals surface area contributed by atoms with Gasteiger partial charge in [-0.2, -0.15) is 4.98 Å². The molecule has 1 atom stereocenters. The Morgan fingerprint density at radius 3 is 2.52 bits per heavy atom. The Morgan fingerprint density at radius 1 is 1.33 bits per heavy atom. The van der Waals surface area contributed by atoms with Gasteiger partial charge in [-0.25, -0.2) is 4.98 Å². The molecule has 0 aliphatic rings. The SMILES string of the molecule is CCc1nc(CN(C)[C@H](C(=O)O)c2ccc(NC(=O)C(C)(C)C)nc2)no1. The lowest BCUT2D eigenvalue weighted by Crippen LogP contribution is -2.31. The van der Waals surface area contributed by atoms with Crippen molar-refractivity contribution >= 4 is 17.7 Å². The quantitative estimate of drug-likeness (QED) is 0.756. The predicted molar refractivity (Wildman–Crippen MR) is 97.8 cm³/mol. The first-order chi connectivity index (χ1) is 12.6. The lowest BCUT2D eigenvalue weighted by atomic mass is 9.96. The van der Waals surface area contributed by atoms with E-state index >= 15 is 0 Å². The van der Waals surface area contributed by atoms with E-state index in [9.17, 15) is 14.7 Å². The molecule has 27 heavy (non-hydrogen) atoms. The summed E-state index contributed by atoms with van der Waals surface area (Å²) in [6, 6.07) is 2.29. The molecule has 9 nitrogen and oxygen atoms in total. The normalized spacial score (nSPS) is 12.8. The third-order valence-electron chi connectivity index (χ3n) is 3.90. The molecule has 0 aliphatic heterocycles. The van der Waals surface area contributed by atoms with Gasteiger partial charge in [0.2, 0.25) is 11.8 Å². The van der Waals surface area contributed by atoms with Crippen molar-refractivity contribution < 1.29 is 19.2 Å². The molecule has 0 saturated carbocycles. The van der Waals surface area contributed by atoms with Crippen molar-refractivity contribution in [2.75, 3.05) is 12.4 Å². The van der Waals surface area contributed by atoms with Crippen LogP contribution in [0.2, 0.25) is 0 Å². The van der Waals surface area contributed by atoms with Crippen molar-refractivity contribution in [3.05, 3.63) is 35.6 Å². The summed E-state index contributed by atoms with van der Waals surface area (Å²) < 4.78 is 5.05. The van der Waals surface area contributed by atoms with Crippen molar-refractivity contribution in [3.8, 4) is 0 Å². The zero-order valence-electron chi connectivity index (χ0n) is 16.2. The van der Waals surface area contributed by atoms with Gasteiger partial charge in [-0.15, -0.1) is 0 Å². The highest BCUT2D eigenvalue weighted by atomic mass is 16.5. The van der Waals surface area contributed by atoms with Crippen LogP contribution in [0.4, 0.5) is 5.82 Å². The van der Waals surface area contributed by atoms with E-state index in [2.05, 4.69) is 20.4 Å². The third kappa shape index (κ3) is 5.33. The van der Waals surface area contributed by atoms with Crippen molar-refractivity contribution in [1.82, 2.24) is 20.0 Å². The number of amides is 1. The number of carbonyl (C=O) groups is 2. The summed E-state index contributed by atoms with van der Waals surface area (Å²) in [4.78, 5) is 33.8. The number of carboxylic acid groups (broad SMARTS) is 1. The number of rotatable bonds is 7. The molecule has 0 fully saturated rings. The topological polar surface area (TPSA) is 121 Å². The Bertz CT molecular complexity index is 795. The van der Waals surface area contributed by atoms with E-state index in [0.717, 1.165) is 0 Å². The number of likely N-dealkylation sites (N-methyl/N-ethyl adjacent to an activating group) is 1. The summed E-state index contributed by atoms with van der Waals surface area (Å²) in [6.45, 7) is 7.51. The van der Waals surface area contributed by atoms with Crippen molar-refractivity contribution in [2.24, 2.45) is 5.41 Å². The van der Waals surface area contributed by atoms with Gasteiger partial charge in [0.25, 0.3) is 0 Å². The van der Waals surface area contributed by atoms with Crippen LogP contribution in [0.15, 0.2) is 22.9 Å². The van der Waals surface area contributed by atoms with Gasteiger partial charge in [0.1, 0.15) is 11.9 Å². The maximum Gasteiger partial charge on any atom is 0.325 e. The van der Waals surface area contributed by atoms with Crippen molar-refractivity contribution in [1.29, 1.82) is 0 Å². The fourth-order valence-electron chi connectivity index (χ4n) is 2.34. The first-order valence-electron chi connectivity index (χ1n) is 8.63. The van der Waals surface area contributed by atoms with Gasteiger partial charge in [0.15, 0.2) is 5.82 Å². The van der Waals surface area contributed by atoms with E-state index in [-0.39, 0.29) is 12.5 Å². The summed E-state index contributed by atoms with van der Waals surface area (Å²) in [6.07, 6.45) is 2.06. The minimum atomic E-state index is -1.02. The molecule has 1 amide bonds. The number of aromatic nitrogens is 3. The van der Waals surface area contributed by atoms with Crippen LogP contribution in [0, 0.1) is 5.41 Å². The number of nitrogens with one attached hydrogen (secondary N) is 1. The van der Waals surface area contributed by atoms with Crippen LogP contribution in [0.25, 0.3) is 0 Å². The molecule has 2 rings (SSSR count). The molecule has 2 aromatic heterocycles. The number of carboxylic acids is 1. The number of aryl methyl sites for hydroxylation is 1. The van der Waals surface area contributed by atoms with Gasteiger partial charge < -0.3 is 14.9 Å². The van der Waals surface area contributed by atoms with Crippen LogP contribution in [-0.4, -0.2) is 44.1 Å².